The van der Waals surface area contributed by atoms with Crippen molar-refractivity contribution >= 4 is 39.1 Å². The Hall–Kier alpha value is -1.99. The quantitative estimate of drug-likeness (QED) is 0.839. The largest absolute Gasteiger partial charge is 0.325 e. The Morgan fingerprint density at radius 3 is 2.13 bits per heavy atom. The molecule has 2 N–H and O–H groups in total. The van der Waals surface area contributed by atoms with E-state index in [-0.39, 0.29) is 10.8 Å². The Labute approximate surface area is 140 Å². The zero-order chi connectivity index (χ0) is 16.9. The minimum atomic E-state index is -3.62. The van der Waals surface area contributed by atoms with Crippen LogP contribution in [0.1, 0.15) is 5.56 Å². The number of rotatable bonds is 6. The lowest BCUT2D eigenvalue weighted by atomic mass is 10.2. The molecule has 23 heavy (non-hydrogen) atoms. The second kappa shape index (κ2) is 7.52. The number of nitrogens with one attached hydrogen (secondary N) is 2. The maximum Gasteiger partial charge on any atom is 0.261 e. The molecule has 0 aromatic heterocycles. The number of anilines is 2. The van der Waals surface area contributed by atoms with Gasteiger partial charge in [-0.3, -0.25) is 9.52 Å². The molecule has 0 bridgehead atoms. The number of carbonyl (C=O) groups is 1. The lowest BCUT2D eigenvalue weighted by Gasteiger charge is -2.09. The van der Waals surface area contributed by atoms with Crippen LogP contribution in [0.3, 0.4) is 0 Å². The van der Waals surface area contributed by atoms with Gasteiger partial charge in [0.15, 0.2) is 0 Å². The predicted molar refractivity (Wildman–Crippen MR) is 95.4 cm³/mol. The summed E-state index contributed by atoms with van der Waals surface area (Å²) in [5.41, 5.74) is 2.06. The van der Waals surface area contributed by atoms with Crippen LogP contribution in [-0.4, -0.2) is 26.3 Å². The molecule has 5 nitrogen and oxygen atoms in total. The van der Waals surface area contributed by atoms with Gasteiger partial charge >= 0.3 is 0 Å². The molecule has 0 aliphatic heterocycles. The molecule has 2 rings (SSSR count). The van der Waals surface area contributed by atoms with Crippen molar-refractivity contribution < 1.29 is 13.2 Å². The summed E-state index contributed by atoms with van der Waals surface area (Å²) in [6, 6.07) is 13.2. The van der Waals surface area contributed by atoms with Crippen LogP contribution in [-0.2, 0) is 14.8 Å². The van der Waals surface area contributed by atoms with Crippen LogP contribution < -0.4 is 10.0 Å². The summed E-state index contributed by atoms with van der Waals surface area (Å²) in [5, 5.41) is 2.73. The number of aryl methyl sites for hydroxylation is 1. The van der Waals surface area contributed by atoms with E-state index in [2.05, 4.69) is 10.0 Å². The summed E-state index contributed by atoms with van der Waals surface area (Å²) in [6.07, 6.45) is 1.85. The smallest absolute Gasteiger partial charge is 0.261 e. The van der Waals surface area contributed by atoms with Gasteiger partial charge in [-0.1, -0.05) is 17.7 Å². The van der Waals surface area contributed by atoms with Gasteiger partial charge in [-0.25, -0.2) is 8.42 Å². The molecule has 2 aromatic carbocycles. The van der Waals surface area contributed by atoms with E-state index >= 15 is 0 Å². The van der Waals surface area contributed by atoms with Crippen molar-refractivity contribution in [1.29, 1.82) is 0 Å². The SMILES string of the molecule is CSCC(=O)Nc1ccc(NS(=O)(=O)c2ccc(C)cc2)cc1. The number of hydrogen-bond donors (Lipinski definition) is 2. The van der Waals surface area contributed by atoms with E-state index in [1.807, 2.05) is 13.2 Å². The molecule has 0 aliphatic rings. The van der Waals surface area contributed by atoms with E-state index in [0.29, 0.717) is 17.1 Å². The fourth-order valence-electron chi connectivity index (χ4n) is 1.88. The van der Waals surface area contributed by atoms with Crippen molar-refractivity contribution in [2.24, 2.45) is 0 Å². The molecular formula is C16H18N2O3S2. The molecule has 0 atom stereocenters. The molecule has 1 amide bonds. The van der Waals surface area contributed by atoms with Gasteiger partial charge in [0.1, 0.15) is 0 Å². The first-order chi connectivity index (χ1) is 10.9. The van der Waals surface area contributed by atoms with Crippen LogP contribution in [0.25, 0.3) is 0 Å². The van der Waals surface area contributed by atoms with Gasteiger partial charge in [0.05, 0.1) is 10.6 Å². The lowest BCUT2D eigenvalue weighted by molar-refractivity contribution is -0.113. The van der Waals surface area contributed by atoms with E-state index in [9.17, 15) is 13.2 Å². The molecule has 0 saturated heterocycles. The molecule has 0 unspecified atom stereocenters. The van der Waals surface area contributed by atoms with Crippen LogP contribution in [0.5, 0.6) is 0 Å². The molecule has 7 heteroatoms. The van der Waals surface area contributed by atoms with E-state index < -0.39 is 10.0 Å². The summed E-state index contributed by atoms with van der Waals surface area (Å²) in [6.45, 7) is 1.90. The second-order valence-electron chi connectivity index (χ2n) is 4.98. The minimum Gasteiger partial charge on any atom is -0.325 e. The monoisotopic (exact) mass is 350 g/mol. The van der Waals surface area contributed by atoms with Crippen LogP contribution in [0.15, 0.2) is 53.4 Å². The zero-order valence-corrected chi connectivity index (χ0v) is 14.5. The van der Waals surface area contributed by atoms with Crippen molar-refractivity contribution in [2.45, 2.75) is 11.8 Å². The summed E-state index contributed by atoms with van der Waals surface area (Å²) in [4.78, 5) is 11.7. The predicted octanol–water partition coefficient (Wildman–Crippen LogP) is 3.10. The Bertz CT molecular complexity index is 770. The maximum atomic E-state index is 12.3. The second-order valence-corrected chi connectivity index (χ2v) is 7.53. The summed E-state index contributed by atoms with van der Waals surface area (Å²) in [7, 11) is -3.62. The summed E-state index contributed by atoms with van der Waals surface area (Å²) in [5.74, 6) is 0.285. The highest BCUT2D eigenvalue weighted by Crippen LogP contribution is 2.19. The first-order valence-corrected chi connectivity index (χ1v) is 9.77. The van der Waals surface area contributed by atoms with Crippen LogP contribution in [0.2, 0.25) is 0 Å². The Morgan fingerprint density at radius 2 is 1.57 bits per heavy atom. The molecule has 0 fully saturated rings. The highest BCUT2D eigenvalue weighted by atomic mass is 32.2. The first-order valence-electron chi connectivity index (χ1n) is 6.89. The number of amides is 1. The molecule has 0 saturated carbocycles. The van der Waals surface area contributed by atoms with Crippen molar-refractivity contribution in [3.63, 3.8) is 0 Å². The fourth-order valence-corrected chi connectivity index (χ4v) is 3.27. The fraction of sp³-hybridized carbons (Fsp3) is 0.188. The number of benzene rings is 2. The van der Waals surface area contributed by atoms with Crippen LogP contribution in [0, 0.1) is 6.92 Å². The van der Waals surface area contributed by atoms with Crippen molar-refractivity contribution in [3.8, 4) is 0 Å². The van der Waals surface area contributed by atoms with E-state index in [0.717, 1.165) is 5.56 Å². The highest BCUT2D eigenvalue weighted by molar-refractivity contribution is 7.99. The van der Waals surface area contributed by atoms with Gasteiger partial charge in [-0.2, -0.15) is 11.8 Å². The van der Waals surface area contributed by atoms with Crippen LogP contribution >= 0.6 is 11.8 Å². The van der Waals surface area contributed by atoms with Gasteiger partial charge in [0.2, 0.25) is 5.91 Å². The third-order valence-electron chi connectivity index (χ3n) is 3.03. The molecular weight excluding hydrogens is 332 g/mol. The van der Waals surface area contributed by atoms with Gasteiger partial charge in [-0.15, -0.1) is 0 Å². The van der Waals surface area contributed by atoms with E-state index in [1.165, 1.54) is 11.8 Å². The Kier molecular flexibility index (Phi) is 5.68. The zero-order valence-electron chi connectivity index (χ0n) is 12.9. The van der Waals surface area contributed by atoms with Crippen molar-refractivity contribution in [3.05, 3.63) is 54.1 Å². The molecule has 0 heterocycles. The lowest BCUT2D eigenvalue weighted by Crippen LogP contribution is -2.14. The van der Waals surface area contributed by atoms with Crippen LogP contribution in [0.4, 0.5) is 11.4 Å². The number of thioether (sulfide) groups is 1. The average molecular weight is 350 g/mol. The Balaban J connectivity index is 2.08. The molecule has 2 aromatic rings. The number of carbonyl (C=O) groups excluding carboxylic acids is 1. The maximum absolute atomic E-state index is 12.3. The summed E-state index contributed by atoms with van der Waals surface area (Å²) < 4.78 is 27.1. The summed E-state index contributed by atoms with van der Waals surface area (Å²) >= 11 is 1.43. The highest BCUT2D eigenvalue weighted by Gasteiger charge is 2.13. The standard InChI is InChI=1S/C16H18N2O3S2/c1-12-3-9-15(10-4-12)23(20,21)18-14-7-5-13(6-8-14)17-16(19)11-22-2/h3-10,18H,11H2,1-2H3,(H,17,19). The van der Waals surface area contributed by atoms with E-state index in [4.69, 9.17) is 0 Å². The average Bonchev–Trinajstić information content (AvgIpc) is 2.50. The van der Waals surface area contributed by atoms with E-state index in [1.54, 1.807) is 48.5 Å². The topological polar surface area (TPSA) is 75.3 Å². The molecule has 0 aliphatic carbocycles. The number of sulfonamides is 1. The molecule has 122 valence electrons. The minimum absolute atomic E-state index is 0.0921. The number of hydrogen-bond acceptors (Lipinski definition) is 4. The van der Waals surface area contributed by atoms with Gasteiger partial charge < -0.3 is 5.32 Å². The van der Waals surface area contributed by atoms with Gasteiger partial charge in [0.25, 0.3) is 10.0 Å². The first kappa shape index (κ1) is 17.4. The van der Waals surface area contributed by atoms with Crippen molar-refractivity contribution in [1.82, 2.24) is 0 Å². The van der Waals surface area contributed by atoms with Gasteiger partial charge in [0, 0.05) is 11.4 Å². The van der Waals surface area contributed by atoms with Crippen molar-refractivity contribution in [2.75, 3.05) is 22.0 Å². The van der Waals surface area contributed by atoms with Gasteiger partial charge in [-0.05, 0) is 49.6 Å². The molecule has 0 radical (unpaired) electrons. The third kappa shape index (κ3) is 5.01. The third-order valence-corrected chi connectivity index (χ3v) is 4.98. The normalized spacial score (nSPS) is 11.0. The molecule has 0 spiro atoms. The Morgan fingerprint density at radius 1 is 1.00 bits per heavy atom.